The summed E-state index contributed by atoms with van der Waals surface area (Å²) in [4.78, 5) is 19.4. The number of non-ortho nitro benzene ring substituents is 1. The first-order chi connectivity index (χ1) is 14.4. The second-order valence-electron chi connectivity index (χ2n) is 6.89. The molecule has 0 bridgehead atoms. The first-order valence-electron chi connectivity index (χ1n) is 9.68. The minimum atomic E-state index is -0.728. The van der Waals surface area contributed by atoms with Crippen molar-refractivity contribution in [1.29, 1.82) is 0 Å². The lowest BCUT2D eigenvalue weighted by Gasteiger charge is -2.15. The third-order valence-corrected chi connectivity index (χ3v) is 4.43. The number of hydrogen-bond acceptors (Lipinski definition) is 7. The molecule has 0 aliphatic carbocycles. The van der Waals surface area contributed by atoms with Crippen LogP contribution in [0, 0.1) is 17.0 Å². The molecule has 2 N–H and O–H groups in total. The van der Waals surface area contributed by atoms with Gasteiger partial charge in [-0.25, -0.2) is 9.97 Å². The first kappa shape index (κ1) is 21.2. The van der Waals surface area contributed by atoms with Gasteiger partial charge in [0.05, 0.1) is 4.92 Å². The van der Waals surface area contributed by atoms with Gasteiger partial charge in [0.15, 0.2) is 5.82 Å². The van der Waals surface area contributed by atoms with Crippen LogP contribution >= 0.6 is 0 Å². The van der Waals surface area contributed by atoms with Gasteiger partial charge in [-0.2, -0.15) is 0 Å². The van der Waals surface area contributed by atoms with Crippen molar-refractivity contribution < 1.29 is 14.8 Å². The third-order valence-electron chi connectivity index (χ3n) is 4.43. The molecular weight excluding hydrogens is 384 g/mol. The monoisotopic (exact) mass is 408 g/mol. The van der Waals surface area contributed by atoms with Gasteiger partial charge >= 0.3 is 0 Å². The van der Waals surface area contributed by atoms with Crippen LogP contribution in [0.2, 0.25) is 0 Å². The molecule has 0 aliphatic heterocycles. The number of benzene rings is 2. The number of rotatable bonds is 9. The molecule has 0 amide bonds. The third kappa shape index (κ3) is 5.74. The molecule has 1 unspecified atom stereocenters. The predicted octanol–water partition coefficient (Wildman–Crippen LogP) is 3.77. The van der Waals surface area contributed by atoms with E-state index in [1.165, 1.54) is 12.1 Å². The lowest BCUT2D eigenvalue weighted by atomic mass is 10.2. The minimum Gasteiger partial charge on any atom is -0.491 e. The van der Waals surface area contributed by atoms with Crippen molar-refractivity contribution in [2.45, 2.75) is 26.4 Å². The lowest BCUT2D eigenvalue weighted by molar-refractivity contribution is -0.384. The summed E-state index contributed by atoms with van der Waals surface area (Å²) in [6.45, 7) is 4.37. The van der Waals surface area contributed by atoms with E-state index in [9.17, 15) is 15.2 Å². The van der Waals surface area contributed by atoms with Crippen molar-refractivity contribution in [2.75, 3.05) is 18.5 Å². The van der Waals surface area contributed by atoms with E-state index < -0.39 is 11.0 Å². The summed E-state index contributed by atoms with van der Waals surface area (Å²) in [6, 6.07) is 15.6. The fraction of sp³-hybridized carbons (Fsp3) is 0.273. The Kier molecular flexibility index (Phi) is 6.92. The molecule has 3 aromatic rings. The summed E-state index contributed by atoms with van der Waals surface area (Å²) in [5.74, 6) is 1.76. The number of anilines is 1. The molecule has 1 atom stereocenters. The van der Waals surface area contributed by atoms with Crippen LogP contribution in [-0.2, 0) is 6.42 Å². The molecule has 30 heavy (non-hydrogen) atoms. The van der Waals surface area contributed by atoms with Crippen LogP contribution in [0.15, 0.2) is 54.6 Å². The Morgan fingerprint density at radius 1 is 1.17 bits per heavy atom. The van der Waals surface area contributed by atoms with Gasteiger partial charge < -0.3 is 15.2 Å². The summed E-state index contributed by atoms with van der Waals surface area (Å²) in [5, 5.41) is 24.2. The standard InChI is InChI=1S/C22H24N4O4/c1-3-17-12-21(23-13-19(27)14-30-20-6-4-5-15(2)11-20)25-22(24-17)16-7-9-18(10-8-16)26(28)29/h4-12,19,27H,3,13-14H2,1-2H3,(H,23,24,25). The van der Waals surface area contributed by atoms with Gasteiger partial charge in [-0.1, -0.05) is 19.1 Å². The quantitative estimate of drug-likeness (QED) is 0.409. The van der Waals surface area contributed by atoms with Gasteiger partial charge in [-0.15, -0.1) is 0 Å². The molecule has 0 spiro atoms. The SMILES string of the molecule is CCc1cc(NCC(O)COc2cccc(C)c2)nc(-c2ccc([N+](=O)[O-])cc2)n1. The molecule has 3 rings (SSSR count). The number of nitrogens with one attached hydrogen (secondary N) is 1. The predicted molar refractivity (Wildman–Crippen MR) is 115 cm³/mol. The van der Waals surface area contributed by atoms with Crippen LogP contribution in [0.3, 0.4) is 0 Å². The van der Waals surface area contributed by atoms with Crippen molar-refractivity contribution >= 4 is 11.5 Å². The van der Waals surface area contributed by atoms with Gasteiger partial charge in [0.1, 0.15) is 24.3 Å². The average Bonchev–Trinajstić information content (AvgIpc) is 2.76. The summed E-state index contributed by atoms with van der Waals surface area (Å²) >= 11 is 0. The molecule has 0 saturated heterocycles. The van der Waals surface area contributed by atoms with Crippen molar-refractivity contribution in [3.05, 3.63) is 76.0 Å². The van der Waals surface area contributed by atoms with Gasteiger partial charge in [-0.05, 0) is 43.2 Å². The normalized spacial score (nSPS) is 11.7. The van der Waals surface area contributed by atoms with E-state index in [0.717, 1.165) is 11.3 Å². The molecule has 2 aromatic carbocycles. The summed E-state index contributed by atoms with van der Waals surface area (Å²) in [6.07, 6.45) is -0.0238. The minimum absolute atomic E-state index is 0.0143. The van der Waals surface area contributed by atoms with Crippen molar-refractivity contribution in [1.82, 2.24) is 9.97 Å². The lowest BCUT2D eigenvalue weighted by Crippen LogP contribution is -2.26. The Balaban J connectivity index is 1.65. The summed E-state index contributed by atoms with van der Waals surface area (Å²) in [7, 11) is 0. The van der Waals surface area contributed by atoms with E-state index in [0.29, 0.717) is 29.4 Å². The number of aromatic nitrogens is 2. The Labute approximate surface area is 174 Å². The molecule has 1 aromatic heterocycles. The molecule has 0 saturated carbocycles. The van der Waals surface area contributed by atoms with Crippen LogP contribution < -0.4 is 10.1 Å². The maximum Gasteiger partial charge on any atom is 0.269 e. The zero-order valence-electron chi connectivity index (χ0n) is 16.9. The highest BCUT2D eigenvalue weighted by Crippen LogP contribution is 2.21. The number of aliphatic hydroxyl groups is 1. The number of aryl methyl sites for hydroxylation is 2. The van der Waals surface area contributed by atoms with E-state index in [-0.39, 0.29) is 18.8 Å². The molecular formula is C22H24N4O4. The van der Waals surface area contributed by atoms with E-state index >= 15 is 0 Å². The second-order valence-corrected chi connectivity index (χ2v) is 6.89. The van der Waals surface area contributed by atoms with E-state index in [4.69, 9.17) is 4.74 Å². The van der Waals surface area contributed by atoms with Crippen LogP contribution in [0.5, 0.6) is 5.75 Å². The number of nitro benzene ring substituents is 1. The molecule has 0 fully saturated rings. The Morgan fingerprint density at radius 2 is 1.93 bits per heavy atom. The number of nitrogens with zero attached hydrogens (tertiary/aromatic N) is 3. The van der Waals surface area contributed by atoms with E-state index in [2.05, 4.69) is 15.3 Å². The van der Waals surface area contributed by atoms with Crippen LogP contribution in [0.25, 0.3) is 11.4 Å². The number of aliphatic hydroxyl groups excluding tert-OH is 1. The van der Waals surface area contributed by atoms with Gasteiger partial charge in [0, 0.05) is 36.0 Å². The summed E-state index contributed by atoms with van der Waals surface area (Å²) < 4.78 is 5.63. The van der Waals surface area contributed by atoms with Crippen LogP contribution in [-0.4, -0.2) is 39.3 Å². The highest BCUT2D eigenvalue weighted by atomic mass is 16.6. The zero-order chi connectivity index (χ0) is 21.5. The highest BCUT2D eigenvalue weighted by Gasteiger charge is 2.11. The fourth-order valence-corrected chi connectivity index (χ4v) is 2.81. The number of ether oxygens (including phenoxy) is 1. The van der Waals surface area contributed by atoms with Crippen LogP contribution in [0.1, 0.15) is 18.2 Å². The molecule has 0 aliphatic rings. The first-order valence-corrected chi connectivity index (χ1v) is 9.68. The maximum atomic E-state index is 10.8. The molecule has 156 valence electrons. The Hall–Kier alpha value is -3.52. The maximum absolute atomic E-state index is 10.8. The van der Waals surface area contributed by atoms with Crippen molar-refractivity contribution in [3.63, 3.8) is 0 Å². The molecule has 0 radical (unpaired) electrons. The Bertz CT molecular complexity index is 1010. The topological polar surface area (TPSA) is 110 Å². The molecule has 8 nitrogen and oxygen atoms in total. The van der Waals surface area contributed by atoms with E-state index in [1.54, 1.807) is 12.1 Å². The zero-order valence-corrected chi connectivity index (χ0v) is 16.9. The fourth-order valence-electron chi connectivity index (χ4n) is 2.81. The average molecular weight is 408 g/mol. The largest absolute Gasteiger partial charge is 0.491 e. The second kappa shape index (κ2) is 9.80. The highest BCUT2D eigenvalue weighted by molar-refractivity contribution is 5.59. The smallest absolute Gasteiger partial charge is 0.269 e. The van der Waals surface area contributed by atoms with Gasteiger partial charge in [0.2, 0.25) is 0 Å². The Morgan fingerprint density at radius 3 is 2.60 bits per heavy atom. The number of hydrogen-bond donors (Lipinski definition) is 2. The molecule has 1 heterocycles. The van der Waals surface area contributed by atoms with Gasteiger partial charge in [-0.3, -0.25) is 10.1 Å². The van der Waals surface area contributed by atoms with E-state index in [1.807, 2.05) is 44.2 Å². The van der Waals surface area contributed by atoms with Gasteiger partial charge in [0.25, 0.3) is 5.69 Å². The molecule has 8 heteroatoms. The van der Waals surface area contributed by atoms with Crippen molar-refractivity contribution in [3.8, 4) is 17.1 Å². The number of nitro groups is 1. The van der Waals surface area contributed by atoms with Crippen molar-refractivity contribution in [2.24, 2.45) is 0 Å². The summed E-state index contributed by atoms with van der Waals surface area (Å²) in [5.41, 5.74) is 2.61. The van der Waals surface area contributed by atoms with Crippen LogP contribution in [0.4, 0.5) is 11.5 Å².